The smallest absolute Gasteiger partial charge is 0.391 e. The number of aliphatic hydroxyl groups is 3. The van der Waals surface area contributed by atoms with Gasteiger partial charge in [-0.3, -0.25) is 28.2 Å². The lowest BCUT2D eigenvalue weighted by molar-refractivity contribution is -0.143. The molecular weight excluding hydrogens is 585 g/mol. The number of phosphoric acid groups is 2. The second kappa shape index (κ2) is 12.0. The molecule has 1 aromatic rings. The van der Waals surface area contributed by atoms with E-state index in [2.05, 4.69) is 13.8 Å². The molecule has 1 saturated heterocycles. The molecule has 0 aromatic carbocycles. The van der Waals surface area contributed by atoms with Gasteiger partial charge in [0.25, 0.3) is 10.9 Å². The van der Waals surface area contributed by atoms with Crippen molar-refractivity contribution in [2.75, 3.05) is 6.61 Å². The van der Waals surface area contributed by atoms with Gasteiger partial charge in [-0.25, -0.2) is 13.9 Å². The first-order chi connectivity index (χ1) is 17.2. The van der Waals surface area contributed by atoms with Gasteiger partial charge in [-0.05, 0) is 26.7 Å². The van der Waals surface area contributed by atoms with Crippen molar-refractivity contribution in [2.45, 2.75) is 62.7 Å². The number of nitrogens with one attached hydrogen (secondary N) is 1. The highest BCUT2D eigenvalue weighted by molar-refractivity contribution is 7.61. The van der Waals surface area contributed by atoms with Gasteiger partial charge in [-0.2, -0.15) is 4.31 Å². The minimum Gasteiger partial charge on any atom is -0.391 e. The van der Waals surface area contributed by atoms with E-state index < -0.39 is 83.4 Å². The highest BCUT2D eigenvalue weighted by atomic mass is 31.3. The lowest BCUT2D eigenvalue weighted by Crippen LogP contribution is -2.54. The molecule has 22 heteroatoms. The van der Waals surface area contributed by atoms with Crippen molar-refractivity contribution in [3.8, 4) is 0 Å². The van der Waals surface area contributed by atoms with Crippen LogP contribution in [0, 0.1) is 6.92 Å². The predicted molar refractivity (Wildman–Crippen MR) is 122 cm³/mol. The number of phosphoric ester groups is 1. The van der Waals surface area contributed by atoms with E-state index in [4.69, 9.17) is 19.0 Å². The molecule has 0 radical (unpaired) electrons. The van der Waals surface area contributed by atoms with Gasteiger partial charge in [0.05, 0.1) is 18.8 Å². The Morgan fingerprint density at radius 3 is 2.32 bits per heavy atom. The number of aryl methyl sites for hydroxylation is 1. The first kappa shape index (κ1) is 32.8. The van der Waals surface area contributed by atoms with Gasteiger partial charge in [-0.15, -0.1) is 0 Å². The summed E-state index contributed by atoms with van der Waals surface area (Å²) >= 11 is 0. The number of aromatic amines is 1. The third-order valence-electron chi connectivity index (χ3n) is 5.30. The zero-order valence-electron chi connectivity index (χ0n) is 19.7. The quantitative estimate of drug-likeness (QED) is 0.0878. The molecule has 19 nitrogen and oxygen atoms in total. The third kappa shape index (κ3) is 7.62. The van der Waals surface area contributed by atoms with Crippen LogP contribution in [0.1, 0.15) is 31.6 Å². The van der Waals surface area contributed by atoms with E-state index >= 15 is 0 Å². The van der Waals surface area contributed by atoms with Crippen molar-refractivity contribution < 1.29 is 71.5 Å². The number of carbonyl (C=O) groups excluding carboxylic acids is 1. The number of hydrogen-bond donors (Lipinski definition) is 8. The van der Waals surface area contributed by atoms with E-state index in [9.17, 15) is 53.2 Å². The molecule has 0 bridgehead atoms. The van der Waals surface area contributed by atoms with Crippen LogP contribution in [0.2, 0.25) is 0 Å². The van der Waals surface area contributed by atoms with Crippen molar-refractivity contribution in [2.24, 2.45) is 0 Å². The van der Waals surface area contributed by atoms with E-state index in [-0.39, 0.29) is 18.4 Å². The molecule has 38 heavy (non-hydrogen) atoms. The molecule has 0 aliphatic carbocycles. The highest BCUT2D eigenvalue weighted by Crippen LogP contribution is 2.67. The van der Waals surface area contributed by atoms with Crippen LogP contribution in [-0.2, 0) is 36.6 Å². The Kier molecular flexibility index (Phi) is 10.4. The fourth-order valence-electron chi connectivity index (χ4n) is 3.37. The van der Waals surface area contributed by atoms with E-state index in [0.717, 1.165) is 11.5 Å². The maximum Gasteiger partial charge on any atom is 0.482 e. The van der Waals surface area contributed by atoms with Crippen LogP contribution in [-0.4, -0.2) is 87.1 Å². The fraction of sp³-hybridized carbons (Fsp3) is 0.688. The van der Waals surface area contributed by atoms with Crippen molar-refractivity contribution in [1.29, 1.82) is 0 Å². The summed E-state index contributed by atoms with van der Waals surface area (Å²) in [4.78, 5) is 75.4. The second-order valence-corrected chi connectivity index (χ2v) is 13.0. The second-order valence-electron chi connectivity index (χ2n) is 8.26. The number of rotatable bonds is 13. The van der Waals surface area contributed by atoms with Crippen molar-refractivity contribution in [1.82, 2.24) is 9.55 Å². The van der Waals surface area contributed by atoms with Gasteiger partial charge in [0.15, 0.2) is 6.29 Å². The number of nitrogens with zero attached hydrogens (tertiary/aromatic N) is 1. The minimum atomic E-state index is -6.14. The molecule has 2 rings (SSSR count). The number of aromatic nitrogens is 2. The van der Waals surface area contributed by atoms with Crippen molar-refractivity contribution in [3.05, 3.63) is 32.6 Å². The van der Waals surface area contributed by atoms with Gasteiger partial charge in [0.2, 0.25) is 0 Å². The summed E-state index contributed by atoms with van der Waals surface area (Å²) in [6, 6.07) is 0. The third-order valence-corrected chi connectivity index (χ3v) is 9.50. The van der Waals surface area contributed by atoms with E-state index in [1.54, 1.807) is 0 Å². The molecule has 1 aliphatic heterocycles. The van der Waals surface area contributed by atoms with Crippen molar-refractivity contribution in [3.63, 3.8) is 0 Å². The summed E-state index contributed by atoms with van der Waals surface area (Å²) in [7, 11) is -17.8. The molecule has 0 amide bonds. The van der Waals surface area contributed by atoms with Crippen molar-refractivity contribution >= 4 is 29.5 Å². The van der Waals surface area contributed by atoms with E-state index in [1.807, 2.05) is 0 Å². The molecule has 0 saturated carbocycles. The number of carbonyl (C=O) groups is 1. The number of H-pyrrole nitrogens is 1. The fourth-order valence-corrected chi connectivity index (χ4v) is 7.02. The molecule has 2 heterocycles. The van der Waals surface area contributed by atoms with Crippen LogP contribution in [0.5, 0.6) is 0 Å². The highest BCUT2D eigenvalue weighted by Gasteiger charge is 2.63. The average molecular weight is 612 g/mol. The Hall–Kier alpha value is -1.40. The number of aldehydes is 1. The van der Waals surface area contributed by atoms with Gasteiger partial charge < -0.3 is 44.2 Å². The molecule has 0 spiro atoms. The van der Waals surface area contributed by atoms with Gasteiger partial charge in [0.1, 0.15) is 18.4 Å². The first-order valence-electron chi connectivity index (χ1n) is 10.5. The van der Waals surface area contributed by atoms with Crippen LogP contribution in [0.25, 0.3) is 0 Å². The Balaban J connectivity index is 2.33. The lowest BCUT2D eigenvalue weighted by Gasteiger charge is -2.38. The average Bonchev–Trinajstić information content (AvgIpc) is 3.24. The van der Waals surface area contributed by atoms with Crippen LogP contribution >= 0.6 is 23.2 Å². The molecule has 218 valence electrons. The Bertz CT molecular complexity index is 1270. The summed E-state index contributed by atoms with van der Waals surface area (Å²) in [5.41, 5.74) is -1.26. The van der Waals surface area contributed by atoms with Gasteiger partial charge in [0, 0.05) is 11.8 Å². The normalized spacial score (nSPS) is 25.5. The topological polar surface area (TPSA) is 302 Å². The van der Waals surface area contributed by atoms with Gasteiger partial charge in [-0.1, -0.05) is 0 Å². The minimum absolute atomic E-state index is 0.0723. The molecular formula is C16H27N2O17P3. The van der Waals surface area contributed by atoms with Gasteiger partial charge >= 0.3 is 28.9 Å². The zero-order chi connectivity index (χ0) is 29.3. The zero-order valence-corrected chi connectivity index (χ0v) is 22.3. The molecule has 8 atom stereocenters. The Labute approximate surface area is 213 Å². The summed E-state index contributed by atoms with van der Waals surface area (Å²) in [6.45, 7) is 1.39. The summed E-state index contributed by atoms with van der Waals surface area (Å²) in [6.07, 6.45) is -8.78. The number of ether oxygens (including phenoxy) is 1. The lowest BCUT2D eigenvalue weighted by atomic mass is 10.0. The SMILES string of the molecule is Cc1cn([C@H]2CC[C@@H](COP(=O)(O)[C@@](C=O)(OP(=O)(O)OP(=O)(O)O)[C@H](O)[C@@H](O)[C@H](C)O)O2)c(=O)[nH]c1=O. The molecule has 8 N–H and O–H groups in total. The Morgan fingerprint density at radius 1 is 1.18 bits per heavy atom. The summed E-state index contributed by atoms with van der Waals surface area (Å²) < 4.78 is 55.4. The van der Waals surface area contributed by atoms with Crippen LogP contribution in [0.3, 0.4) is 0 Å². The Morgan fingerprint density at radius 2 is 1.79 bits per heavy atom. The standard InChI is InChI=1S/C16H27N2O17P3/c1-8-5-18(15(24)17-14(8)23)11-4-3-10(33-11)6-32-36(25,26)16(7-19,13(22)12(21)9(2)20)34-38(30,31)35-37(27,28)29/h5,7,9-13,20-22H,3-4,6H2,1-2H3,(H,25,26)(H,30,31)(H,17,23,24)(H2,27,28,29)/t9-,10-,11+,12-,13+,16+/m0/s1. The predicted octanol–water partition coefficient (Wildman–Crippen LogP) is -2.05. The molecule has 1 fully saturated rings. The number of aliphatic hydroxyl groups excluding tert-OH is 3. The maximum atomic E-state index is 13.1. The molecule has 1 aromatic heterocycles. The first-order valence-corrected chi connectivity index (χ1v) is 15.1. The van der Waals surface area contributed by atoms with Crippen LogP contribution in [0.15, 0.2) is 15.8 Å². The van der Waals surface area contributed by atoms with E-state index in [0.29, 0.717) is 0 Å². The largest absolute Gasteiger partial charge is 0.482 e. The molecule has 2 unspecified atom stereocenters. The number of hydrogen-bond acceptors (Lipinski definition) is 13. The summed E-state index contributed by atoms with van der Waals surface area (Å²) in [5, 5.41) is 26.0. The summed E-state index contributed by atoms with van der Waals surface area (Å²) in [5.74, 6) is 0. The molecule has 1 aliphatic rings. The monoisotopic (exact) mass is 612 g/mol. The van der Waals surface area contributed by atoms with Crippen LogP contribution < -0.4 is 11.2 Å². The maximum absolute atomic E-state index is 13.1. The van der Waals surface area contributed by atoms with Crippen LogP contribution in [0.4, 0.5) is 0 Å². The van der Waals surface area contributed by atoms with E-state index in [1.165, 1.54) is 13.1 Å².